The molecule has 0 aromatic carbocycles. The molecule has 162 valence electrons. The first kappa shape index (κ1) is 25.2. The summed E-state index contributed by atoms with van der Waals surface area (Å²) in [7, 11) is 0. The molecule has 1 heterocycles. The van der Waals surface area contributed by atoms with Gasteiger partial charge in [-0.1, -0.05) is 103 Å². The second kappa shape index (κ2) is 18.2. The van der Waals surface area contributed by atoms with E-state index in [4.69, 9.17) is 0 Å². The summed E-state index contributed by atoms with van der Waals surface area (Å²) in [5.41, 5.74) is 0. The van der Waals surface area contributed by atoms with Crippen LogP contribution >= 0.6 is 15.9 Å². The number of unbranched alkanes of at least 4 members (excludes halogenated alkanes) is 15. The van der Waals surface area contributed by atoms with Gasteiger partial charge in [0.15, 0.2) is 0 Å². The van der Waals surface area contributed by atoms with Crippen LogP contribution in [0.25, 0.3) is 0 Å². The van der Waals surface area contributed by atoms with E-state index in [1.807, 2.05) is 6.20 Å². The van der Waals surface area contributed by atoms with Crippen molar-refractivity contribution < 1.29 is 4.79 Å². The first-order valence-corrected chi connectivity index (χ1v) is 12.5. The van der Waals surface area contributed by atoms with Crippen LogP contribution in [0.15, 0.2) is 16.9 Å². The van der Waals surface area contributed by atoms with Crippen molar-refractivity contribution in [2.45, 2.75) is 116 Å². The Morgan fingerprint density at radius 1 is 0.857 bits per heavy atom. The molecule has 1 aromatic heterocycles. The van der Waals surface area contributed by atoms with Gasteiger partial charge >= 0.3 is 0 Å². The van der Waals surface area contributed by atoms with E-state index in [1.165, 1.54) is 96.3 Å². The van der Waals surface area contributed by atoms with E-state index in [9.17, 15) is 4.79 Å². The number of amides is 1. The van der Waals surface area contributed by atoms with Crippen LogP contribution in [0.2, 0.25) is 0 Å². The van der Waals surface area contributed by atoms with Crippen molar-refractivity contribution in [3.8, 4) is 0 Å². The molecule has 0 fully saturated rings. The van der Waals surface area contributed by atoms with Crippen LogP contribution in [0.3, 0.4) is 0 Å². The predicted octanol–water partition coefficient (Wildman–Crippen LogP) is 7.02. The van der Waals surface area contributed by atoms with Crippen LogP contribution in [0.5, 0.6) is 0 Å². The maximum absolute atomic E-state index is 11.8. The largest absolute Gasteiger partial charge is 0.354 e. The van der Waals surface area contributed by atoms with E-state index < -0.39 is 0 Å². The molecule has 0 radical (unpaired) electrons. The van der Waals surface area contributed by atoms with Crippen LogP contribution in [0.4, 0.5) is 0 Å². The zero-order valence-electron chi connectivity index (χ0n) is 18.1. The van der Waals surface area contributed by atoms with Crippen molar-refractivity contribution in [3.63, 3.8) is 0 Å². The smallest absolute Gasteiger partial charge is 0.241 e. The molecule has 1 rings (SSSR count). The van der Waals surface area contributed by atoms with Gasteiger partial charge in [0.25, 0.3) is 0 Å². The number of hydrogen-bond acceptors (Lipinski definition) is 2. The maximum atomic E-state index is 11.8. The fourth-order valence-corrected chi connectivity index (χ4v) is 3.86. The predicted molar refractivity (Wildman–Crippen MR) is 122 cm³/mol. The Balaban J connectivity index is 1.74. The molecular weight excluding hydrogens is 414 g/mol. The summed E-state index contributed by atoms with van der Waals surface area (Å²) >= 11 is 3.33. The Kier molecular flexibility index (Phi) is 16.4. The second-order valence-electron chi connectivity index (χ2n) is 8.01. The average molecular weight is 457 g/mol. The van der Waals surface area contributed by atoms with Gasteiger partial charge < -0.3 is 5.32 Å². The summed E-state index contributed by atoms with van der Waals surface area (Å²) in [6.07, 6.45) is 25.4. The lowest BCUT2D eigenvalue weighted by Crippen LogP contribution is -2.28. The summed E-state index contributed by atoms with van der Waals surface area (Å²) in [6, 6.07) is 0. The molecule has 0 atom stereocenters. The molecule has 4 nitrogen and oxygen atoms in total. The second-order valence-corrected chi connectivity index (χ2v) is 8.93. The lowest BCUT2D eigenvalue weighted by Gasteiger charge is -2.06. The summed E-state index contributed by atoms with van der Waals surface area (Å²) in [6.45, 7) is 3.36. The Labute approximate surface area is 181 Å². The minimum atomic E-state index is 0.0385. The zero-order chi connectivity index (χ0) is 20.3. The van der Waals surface area contributed by atoms with E-state index in [0.29, 0.717) is 6.54 Å². The molecule has 0 saturated carbocycles. The fourth-order valence-electron chi connectivity index (χ4n) is 3.53. The van der Waals surface area contributed by atoms with Crippen molar-refractivity contribution in [2.75, 3.05) is 6.54 Å². The van der Waals surface area contributed by atoms with Gasteiger partial charge in [0.2, 0.25) is 5.91 Å². The molecule has 0 aliphatic rings. The van der Waals surface area contributed by atoms with Crippen molar-refractivity contribution >= 4 is 21.8 Å². The van der Waals surface area contributed by atoms with Gasteiger partial charge in [-0.25, -0.2) is 0 Å². The summed E-state index contributed by atoms with van der Waals surface area (Å²) in [4.78, 5) is 11.8. The standard InChI is InChI=1S/C23H42BrN3O/c1-2-3-4-5-6-7-8-9-10-11-12-13-14-15-16-17-18-25-23(28)21-27-20-22(24)19-26-27/h19-20H,2-18,21H2,1H3,(H,25,28). The Morgan fingerprint density at radius 3 is 1.75 bits per heavy atom. The SMILES string of the molecule is CCCCCCCCCCCCCCCCCCNC(=O)Cn1cc(Br)cn1. The molecule has 0 aliphatic carbocycles. The van der Waals surface area contributed by atoms with Gasteiger partial charge in [0.1, 0.15) is 6.54 Å². The summed E-state index contributed by atoms with van der Waals surface area (Å²) in [5, 5.41) is 7.07. The molecule has 28 heavy (non-hydrogen) atoms. The third kappa shape index (κ3) is 15.1. The number of hydrogen-bond donors (Lipinski definition) is 1. The van der Waals surface area contributed by atoms with Crippen LogP contribution in [0, 0.1) is 0 Å². The number of carbonyl (C=O) groups excluding carboxylic acids is 1. The average Bonchev–Trinajstić information content (AvgIpc) is 3.08. The molecule has 0 bridgehead atoms. The highest BCUT2D eigenvalue weighted by atomic mass is 79.9. The lowest BCUT2D eigenvalue weighted by atomic mass is 10.0. The van der Waals surface area contributed by atoms with Crippen molar-refractivity contribution in [3.05, 3.63) is 16.9 Å². The van der Waals surface area contributed by atoms with Crippen LogP contribution in [-0.4, -0.2) is 22.2 Å². The van der Waals surface area contributed by atoms with Crippen molar-refractivity contribution in [1.29, 1.82) is 0 Å². The van der Waals surface area contributed by atoms with Crippen molar-refractivity contribution in [1.82, 2.24) is 15.1 Å². The number of rotatable bonds is 19. The van der Waals surface area contributed by atoms with Gasteiger partial charge in [-0.15, -0.1) is 0 Å². The third-order valence-electron chi connectivity index (χ3n) is 5.26. The molecule has 0 unspecified atom stereocenters. The van der Waals surface area contributed by atoms with Gasteiger partial charge in [-0.05, 0) is 22.4 Å². The number of nitrogens with zero attached hydrogens (tertiary/aromatic N) is 2. The van der Waals surface area contributed by atoms with Gasteiger partial charge in [0, 0.05) is 12.7 Å². The molecule has 0 aliphatic heterocycles. The van der Waals surface area contributed by atoms with Crippen molar-refractivity contribution in [2.24, 2.45) is 0 Å². The minimum Gasteiger partial charge on any atom is -0.354 e. The fraction of sp³-hybridized carbons (Fsp3) is 0.826. The van der Waals surface area contributed by atoms with Crippen LogP contribution in [-0.2, 0) is 11.3 Å². The Morgan fingerprint density at radius 2 is 1.32 bits per heavy atom. The highest BCUT2D eigenvalue weighted by Crippen LogP contribution is 2.13. The number of halogens is 1. The highest BCUT2D eigenvalue weighted by molar-refractivity contribution is 9.10. The molecule has 0 spiro atoms. The van der Waals surface area contributed by atoms with E-state index in [2.05, 4.69) is 33.3 Å². The van der Waals surface area contributed by atoms with E-state index >= 15 is 0 Å². The molecular formula is C23H42BrN3O. The normalized spacial score (nSPS) is 11.1. The molecule has 1 N–H and O–H groups in total. The quantitative estimate of drug-likeness (QED) is 0.227. The van der Waals surface area contributed by atoms with Gasteiger partial charge in [-0.2, -0.15) is 5.10 Å². The number of carbonyl (C=O) groups is 1. The molecule has 1 amide bonds. The Bertz CT molecular complexity index is 490. The number of aromatic nitrogens is 2. The monoisotopic (exact) mass is 455 g/mol. The molecule has 1 aromatic rings. The minimum absolute atomic E-state index is 0.0385. The van der Waals surface area contributed by atoms with E-state index in [1.54, 1.807) is 10.9 Å². The first-order chi connectivity index (χ1) is 13.7. The number of nitrogens with one attached hydrogen (secondary N) is 1. The van der Waals surface area contributed by atoms with Gasteiger partial charge in [-0.3, -0.25) is 9.48 Å². The van der Waals surface area contributed by atoms with E-state index in [-0.39, 0.29) is 5.91 Å². The first-order valence-electron chi connectivity index (χ1n) is 11.7. The molecule has 5 heteroatoms. The maximum Gasteiger partial charge on any atom is 0.241 e. The third-order valence-corrected chi connectivity index (χ3v) is 5.67. The van der Waals surface area contributed by atoms with Gasteiger partial charge in [0.05, 0.1) is 10.7 Å². The van der Waals surface area contributed by atoms with Crippen LogP contribution < -0.4 is 5.32 Å². The van der Waals surface area contributed by atoms with E-state index in [0.717, 1.165) is 17.4 Å². The summed E-state index contributed by atoms with van der Waals surface area (Å²) < 4.78 is 2.55. The summed E-state index contributed by atoms with van der Waals surface area (Å²) in [5.74, 6) is 0.0385. The zero-order valence-corrected chi connectivity index (χ0v) is 19.6. The molecule has 0 saturated heterocycles. The highest BCUT2D eigenvalue weighted by Gasteiger charge is 2.03. The lowest BCUT2D eigenvalue weighted by molar-refractivity contribution is -0.121. The Hall–Kier alpha value is -0.840. The topological polar surface area (TPSA) is 46.9 Å². The van der Waals surface area contributed by atoms with Crippen LogP contribution in [0.1, 0.15) is 110 Å².